The minimum atomic E-state index is -4.98. The van der Waals surface area contributed by atoms with Crippen LogP contribution in [0.5, 0.6) is 5.75 Å². The number of sulfonamides is 1. The highest BCUT2D eigenvalue weighted by molar-refractivity contribution is 7.90. The van der Waals surface area contributed by atoms with Crippen LogP contribution in [0.2, 0.25) is 0 Å². The van der Waals surface area contributed by atoms with Gasteiger partial charge in [-0.25, -0.2) is 22.6 Å². The number of aromatic nitrogens is 2. The molecular formula is C26H20F3N5O10S. The van der Waals surface area contributed by atoms with Gasteiger partial charge in [0.25, 0.3) is 20.2 Å². The van der Waals surface area contributed by atoms with Crippen LogP contribution < -0.4 is 9.46 Å². The number of amides is 1. The first-order chi connectivity index (χ1) is 21.1. The third-order valence-corrected chi connectivity index (χ3v) is 7.22. The first-order valence-corrected chi connectivity index (χ1v) is 13.9. The lowest BCUT2D eigenvalue weighted by Gasteiger charge is -2.19. The number of hydrogen-bond acceptors (Lipinski definition) is 11. The number of nitrogens with one attached hydrogen (secondary N) is 1. The van der Waals surface area contributed by atoms with E-state index in [9.17, 15) is 46.6 Å². The highest BCUT2D eigenvalue weighted by Crippen LogP contribution is 2.36. The second kappa shape index (κ2) is 12.9. The summed E-state index contributed by atoms with van der Waals surface area (Å²) >= 11 is 0. The first kappa shape index (κ1) is 32.2. The Kier molecular flexibility index (Phi) is 9.21. The molecule has 0 atom stereocenters. The smallest absolute Gasteiger partial charge is 0.410 e. The van der Waals surface area contributed by atoms with Gasteiger partial charge in [0.05, 0.1) is 16.3 Å². The highest BCUT2D eigenvalue weighted by Gasteiger charge is 2.36. The van der Waals surface area contributed by atoms with E-state index in [1.165, 1.54) is 36.4 Å². The van der Waals surface area contributed by atoms with Crippen molar-refractivity contribution >= 4 is 16.1 Å². The van der Waals surface area contributed by atoms with Crippen LogP contribution >= 0.6 is 0 Å². The van der Waals surface area contributed by atoms with Crippen molar-refractivity contribution in [2.45, 2.75) is 31.2 Å². The van der Waals surface area contributed by atoms with Crippen LogP contribution in [-0.2, 0) is 39.1 Å². The number of benzene rings is 3. The van der Waals surface area contributed by atoms with Crippen LogP contribution in [0.4, 0.5) is 18.0 Å². The number of carbonyl (C=O) groups excluding carboxylic acids is 1. The number of halogens is 3. The molecule has 0 bridgehead atoms. The minimum absolute atomic E-state index is 0.0246. The largest absolute Gasteiger partial charge is 0.435 e. The van der Waals surface area contributed by atoms with Gasteiger partial charge in [-0.1, -0.05) is 48.0 Å². The fourth-order valence-corrected chi connectivity index (χ4v) is 5.00. The van der Waals surface area contributed by atoms with Crippen LogP contribution in [0.3, 0.4) is 0 Å². The fraction of sp³-hybridized carbons (Fsp3) is 0.154. The van der Waals surface area contributed by atoms with Crippen molar-refractivity contribution in [1.82, 2.24) is 14.5 Å². The maximum Gasteiger partial charge on any atom is 0.435 e. The van der Waals surface area contributed by atoms with Crippen molar-refractivity contribution in [3.8, 4) is 22.7 Å². The van der Waals surface area contributed by atoms with Crippen molar-refractivity contribution in [2.75, 3.05) is 0 Å². The van der Waals surface area contributed by atoms with Gasteiger partial charge in [0.15, 0.2) is 5.69 Å². The average Bonchev–Trinajstić information content (AvgIpc) is 3.41. The lowest BCUT2D eigenvalue weighted by atomic mass is 10.1. The molecule has 0 unspecified atom stereocenters. The van der Waals surface area contributed by atoms with Crippen molar-refractivity contribution in [2.24, 2.45) is 0 Å². The summed E-state index contributed by atoms with van der Waals surface area (Å²) in [6.07, 6.45) is -6.44. The van der Waals surface area contributed by atoms with E-state index in [4.69, 9.17) is 4.74 Å². The van der Waals surface area contributed by atoms with E-state index in [1.54, 1.807) is 29.8 Å². The van der Waals surface area contributed by atoms with E-state index in [0.29, 0.717) is 10.7 Å². The summed E-state index contributed by atoms with van der Waals surface area (Å²) in [5.74, 6) is -0.0246. The monoisotopic (exact) mass is 651 g/mol. The molecule has 0 fully saturated rings. The third kappa shape index (κ3) is 8.02. The number of para-hydroxylation sites is 1. The molecule has 4 rings (SSSR count). The molecule has 0 aliphatic carbocycles. The molecule has 236 valence electrons. The summed E-state index contributed by atoms with van der Waals surface area (Å²) in [5.41, 5.74) is -2.04. The number of aryl methyl sites for hydroxylation is 1. The molecule has 4 aromatic rings. The molecule has 0 spiro atoms. The minimum Gasteiger partial charge on any atom is -0.410 e. The maximum absolute atomic E-state index is 13.8. The summed E-state index contributed by atoms with van der Waals surface area (Å²) in [6, 6.07) is 15.6. The predicted octanol–water partition coefficient (Wildman–Crippen LogP) is 4.76. The Morgan fingerprint density at radius 3 is 2.00 bits per heavy atom. The molecule has 1 aromatic heterocycles. The molecule has 1 N–H and O–H groups in total. The van der Waals surface area contributed by atoms with E-state index in [2.05, 4.69) is 14.8 Å². The van der Waals surface area contributed by atoms with Crippen LogP contribution in [0.25, 0.3) is 16.9 Å². The number of ether oxygens (including phenoxy) is 1. The topological polar surface area (TPSA) is 195 Å². The molecule has 45 heavy (non-hydrogen) atoms. The summed E-state index contributed by atoms with van der Waals surface area (Å²) in [6.45, 7) is -0.383. The Bertz CT molecular complexity index is 1810. The fourth-order valence-electron chi connectivity index (χ4n) is 4.02. The Balaban J connectivity index is 1.92. The molecule has 0 radical (unpaired) electrons. The molecule has 3 aromatic carbocycles. The Morgan fingerprint density at radius 2 is 1.49 bits per heavy atom. The summed E-state index contributed by atoms with van der Waals surface area (Å²) in [7, 11) is -4.87. The molecule has 15 nitrogen and oxygen atoms in total. The molecule has 0 aliphatic rings. The number of alkyl halides is 3. The van der Waals surface area contributed by atoms with Gasteiger partial charge in [-0.05, 0) is 37.3 Å². The normalized spacial score (nSPS) is 11.5. The summed E-state index contributed by atoms with van der Waals surface area (Å²) < 4.78 is 75.1. The van der Waals surface area contributed by atoms with Crippen LogP contribution in [-0.4, -0.2) is 34.5 Å². The van der Waals surface area contributed by atoms with E-state index in [1.807, 2.05) is 0 Å². The van der Waals surface area contributed by atoms with E-state index in [0.717, 1.165) is 17.7 Å². The van der Waals surface area contributed by atoms with E-state index < -0.39 is 73.1 Å². The zero-order valence-corrected chi connectivity index (χ0v) is 23.6. The Morgan fingerprint density at radius 1 is 0.933 bits per heavy atom. The van der Waals surface area contributed by atoms with Crippen molar-refractivity contribution in [3.05, 3.63) is 115 Å². The van der Waals surface area contributed by atoms with Gasteiger partial charge in [-0.15, -0.1) is 20.2 Å². The molecule has 1 amide bonds. The predicted molar refractivity (Wildman–Crippen MR) is 145 cm³/mol. The first-order valence-electron chi connectivity index (χ1n) is 12.4. The molecule has 0 saturated heterocycles. The summed E-state index contributed by atoms with van der Waals surface area (Å²) in [4.78, 5) is 42.5. The number of nitrogens with zero attached hydrogens (tertiary/aromatic N) is 4. The molecule has 19 heteroatoms. The van der Waals surface area contributed by atoms with Crippen molar-refractivity contribution in [1.29, 1.82) is 0 Å². The SMILES string of the molecule is Cc1ccc(-c2cc(C(F)(F)F)nn2-c2c(CO[N+](=O)[O-])cc(S(=O)(=O)NC(=O)Oc3ccccc3)cc2CO[N+](=O)[O-])cc1. The lowest BCUT2D eigenvalue weighted by Crippen LogP contribution is -2.33. The van der Waals surface area contributed by atoms with Gasteiger partial charge in [-0.2, -0.15) is 18.3 Å². The van der Waals surface area contributed by atoms with Crippen molar-refractivity contribution in [3.63, 3.8) is 0 Å². The molecular weight excluding hydrogens is 631 g/mol. The van der Waals surface area contributed by atoms with Crippen LogP contribution in [0.1, 0.15) is 22.4 Å². The zero-order chi connectivity index (χ0) is 32.9. The average molecular weight is 652 g/mol. The van der Waals surface area contributed by atoms with E-state index in [-0.39, 0.29) is 17.0 Å². The van der Waals surface area contributed by atoms with Gasteiger partial charge < -0.3 is 14.4 Å². The highest BCUT2D eigenvalue weighted by atomic mass is 32.2. The van der Waals surface area contributed by atoms with E-state index >= 15 is 0 Å². The summed E-state index contributed by atoms with van der Waals surface area (Å²) in [5, 5.41) is 23.3. The van der Waals surface area contributed by atoms with Crippen LogP contribution in [0.15, 0.2) is 77.7 Å². The lowest BCUT2D eigenvalue weighted by molar-refractivity contribution is -0.763. The van der Waals surface area contributed by atoms with Crippen molar-refractivity contribution < 1.29 is 51.0 Å². The van der Waals surface area contributed by atoms with Gasteiger partial charge in [-0.3, -0.25) is 0 Å². The standard InChI is InChI=1S/C26H20F3N5O10S/c1-16-7-9-17(10-8-16)22-13-23(26(27,28)29)30-32(22)24-18(14-42-33(36)37)11-21(12-19(24)15-43-34(38)39)45(40,41)31-25(35)44-20-5-3-2-4-6-20/h2-13H,14-15H2,1H3,(H,31,35). The number of hydrogen-bond donors (Lipinski definition) is 1. The number of rotatable bonds is 11. The van der Waals surface area contributed by atoms with Gasteiger partial charge in [0, 0.05) is 16.7 Å². The second-order valence-corrected chi connectivity index (χ2v) is 10.8. The Labute approximate surface area is 251 Å². The number of carbonyl (C=O) groups is 1. The quantitative estimate of drug-likeness (QED) is 0.173. The van der Waals surface area contributed by atoms with Gasteiger partial charge >= 0.3 is 12.3 Å². The third-order valence-electron chi connectivity index (χ3n) is 5.93. The van der Waals surface area contributed by atoms with Gasteiger partial charge in [0.1, 0.15) is 19.0 Å². The zero-order valence-electron chi connectivity index (χ0n) is 22.8. The second-order valence-electron chi connectivity index (χ2n) is 9.08. The molecule has 0 aliphatic heterocycles. The maximum atomic E-state index is 13.8. The van der Waals surface area contributed by atoms with Gasteiger partial charge in [0.2, 0.25) is 0 Å². The Hall–Kier alpha value is -5.72. The molecule has 1 heterocycles. The molecule has 0 saturated carbocycles. The van der Waals surface area contributed by atoms with Crippen LogP contribution in [0, 0.1) is 27.2 Å².